The van der Waals surface area contributed by atoms with E-state index in [4.69, 9.17) is 23.2 Å². The van der Waals surface area contributed by atoms with Crippen LogP contribution in [0, 0.1) is 5.92 Å². The maximum absolute atomic E-state index is 12.7. The van der Waals surface area contributed by atoms with Gasteiger partial charge in [0.2, 0.25) is 0 Å². The Kier molecular flexibility index (Phi) is 5.01. The third-order valence-electron chi connectivity index (χ3n) is 3.17. The van der Waals surface area contributed by atoms with Gasteiger partial charge >= 0.3 is 5.97 Å². The van der Waals surface area contributed by atoms with Gasteiger partial charge in [0, 0.05) is 5.75 Å². The van der Waals surface area contributed by atoms with Gasteiger partial charge in [-0.05, 0) is 18.1 Å². The number of aromatic nitrogens is 1. The molecular formula is C13H14Cl2N2O3S. The quantitative estimate of drug-likeness (QED) is 0.850. The summed E-state index contributed by atoms with van der Waals surface area (Å²) in [5.41, 5.74) is 0.167. The molecule has 1 fully saturated rings. The summed E-state index contributed by atoms with van der Waals surface area (Å²) in [4.78, 5) is 29.3. The first-order chi connectivity index (χ1) is 9.82. The Morgan fingerprint density at radius 1 is 1.43 bits per heavy atom. The SMILES string of the molecule is CC(C)C1SCC(C(=O)O)N1C(=O)c1ccc(Cl)nc1Cl. The lowest BCUT2D eigenvalue weighted by molar-refractivity contribution is -0.141. The van der Waals surface area contributed by atoms with Crippen molar-refractivity contribution in [2.24, 2.45) is 5.92 Å². The van der Waals surface area contributed by atoms with E-state index in [1.165, 1.54) is 28.8 Å². The van der Waals surface area contributed by atoms with Crippen molar-refractivity contribution in [3.8, 4) is 0 Å². The van der Waals surface area contributed by atoms with Gasteiger partial charge < -0.3 is 10.0 Å². The Morgan fingerprint density at radius 2 is 2.10 bits per heavy atom. The molecule has 0 bridgehead atoms. The highest BCUT2D eigenvalue weighted by molar-refractivity contribution is 8.00. The standard InChI is InChI=1S/C13H14Cl2N2O3S/c1-6(2)12-17(8(5-21-12)13(19)20)11(18)7-3-4-9(14)16-10(7)15/h3-4,6,8,12H,5H2,1-2H3,(H,19,20). The number of carbonyl (C=O) groups is 2. The first kappa shape index (κ1) is 16.4. The molecule has 0 aliphatic carbocycles. The van der Waals surface area contributed by atoms with Gasteiger partial charge in [0.25, 0.3) is 5.91 Å². The summed E-state index contributed by atoms with van der Waals surface area (Å²) in [6.07, 6.45) is 0. The molecule has 1 aliphatic rings. The van der Waals surface area contributed by atoms with E-state index in [0.717, 1.165) is 0 Å². The summed E-state index contributed by atoms with van der Waals surface area (Å²) < 4.78 is 0. The first-order valence-corrected chi connectivity index (χ1v) is 8.12. The Bertz CT molecular complexity index is 583. The highest BCUT2D eigenvalue weighted by Crippen LogP contribution is 2.36. The molecule has 114 valence electrons. The topological polar surface area (TPSA) is 70.5 Å². The molecule has 8 heteroatoms. The summed E-state index contributed by atoms with van der Waals surface area (Å²) in [5.74, 6) is -0.956. The molecule has 2 atom stereocenters. The molecule has 0 radical (unpaired) electrons. The number of aliphatic carboxylic acids is 1. The third kappa shape index (κ3) is 3.27. The van der Waals surface area contributed by atoms with Crippen molar-refractivity contribution >= 4 is 46.8 Å². The van der Waals surface area contributed by atoms with Crippen LogP contribution in [0.25, 0.3) is 0 Å². The Hall–Kier alpha value is -0.980. The Labute approximate surface area is 136 Å². The van der Waals surface area contributed by atoms with Crippen LogP contribution in [0.2, 0.25) is 10.3 Å². The lowest BCUT2D eigenvalue weighted by Gasteiger charge is -2.29. The number of thioether (sulfide) groups is 1. The van der Waals surface area contributed by atoms with Crippen molar-refractivity contribution in [3.05, 3.63) is 28.0 Å². The zero-order valence-electron chi connectivity index (χ0n) is 11.4. The first-order valence-electron chi connectivity index (χ1n) is 6.32. The van der Waals surface area contributed by atoms with Crippen LogP contribution >= 0.6 is 35.0 Å². The van der Waals surface area contributed by atoms with Gasteiger partial charge in [-0.1, -0.05) is 37.0 Å². The van der Waals surface area contributed by atoms with Crippen molar-refractivity contribution in [1.82, 2.24) is 9.88 Å². The van der Waals surface area contributed by atoms with E-state index < -0.39 is 17.9 Å². The number of hydrogen-bond donors (Lipinski definition) is 1. The maximum Gasteiger partial charge on any atom is 0.327 e. The fraction of sp³-hybridized carbons (Fsp3) is 0.462. The number of nitrogens with zero attached hydrogens (tertiary/aromatic N) is 2. The number of rotatable bonds is 3. The second kappa shape index (κ2) is 6.42. The summed E-state index contributed by atoms with van der Waals surface area (Å²) in [5, 5.41) is 9.28. The van der Waals surface area contributed by atoms with E-state index in [0.29, 0.717) is 5.75 Å². The minimum Gasteiger partial charge on any atom is -0.480 e. The highest BCUT2D eigenvalue weighted by Gasteiger charge is 2.43. The van der Waals surface area contributed by atoms with Gasteiger partial charge in [0.1, 0.15) is 16.3 Å². The summed E-state index contributed by atoms with van der Waals surface area (Å²) in [6, 6.07) is 2.07. The maximum atomic E-state index is 12.7. The van der Waals surface area contributed by atoms with Crippen LogP contribution < -0.4 is 0 Å². The van der Waals surface area contributed by atoms with Crippen molar-refractivity contribution in [1.29, 1.82) is 0 Å². The van der Waals surface area contributed by atoms with Crippen molar-refractivity contribution < 1.29 is 14.7 Å². The largest absolute Gasteiger partial charge is 0.480 e. The molecule has 2 heterocycles. The fourth-order valence-corrected chi connectivity index (χ4v) is 4.10. The number of carboxylic acids is 1. The van der Waals surface area contributed by atoms with Crippen molar-refractivity contribution in [2.45, 2.75) is 25.3 Å². The third-order valence-corrected chi connectivity index (χ3v) is 5.29. The van der Waals surface area contributed by atoms with Crippen LogP contribution in [0.15, 0.2) is 12.1 Å². The second-order valence-electron chi connectivity index (χ2n) is 5.01. The van der Waals surface area contributed by atoms with E-state index in [1.807, 2.05) is 13.8 Å². The van der Waals surface area contributed by atoms with Gasteiger partial charge in [0.15, 0.2) is 0 Å². The predicted molar refractivity (Wildman–Crippen MR) is 82.9 cm³/mol. The molecule has 1 amide bonds. The van der Waals surface area contributed by atoms with E-state index in [2.05, 4.69) is 4.98 Å². The number of carbonyl (C=O) groups excluding carboxylic acids is 1. The molecule has 1 N–H and O–H groups in total. The van der Waals surface area contributed by atoms with Crippen LogP contribution in [0.5, 0.6) is 0 Å². The van der Waals surface area contributed by atoms with Gasteiger partial charge in [-0.25, -0.2) is 9.78 Å². The Morgan fingerprint density at radius 3 is 2.62 bits per heavy atom. The van der Waals surface area contributed by atoms with Gasteiger partial charge in [-0.2, -0.15) is 0 Å². The van der Waals surface area contributed by atoms with Crippen LogP contribution in [-0.2, 0) is 4.79 Å². The monoisotopic (exact) mass is 348 g/mol. The molecule has 2 unspecified atom stereocenters. The summed E-state index contributed by atoms with van der Waals surface area (Å²) >= 11 is 13.1. The summed E-state index contributed by atoms with van der Waals surface area (Å²) in [7, 11) is 0. The molecule has 0 saturated carbocycles. The van der Waals surface area contributed by atoms with Crippen LogP contribution in [0.1, 0.15) is 24.2 Å². The van der Waals surface area contributed by atoms with E-state index in [-0.39, 0.29) is 27.2 Å². The van der Waals surface area contributed by atoms with Gasteiger partial charge in [-0.3, -0.25) is 4.79 Å². The number of amides is 1. The average Bonchev–Trinajstić information content (AvgIpc) is 2.82. The average molecular weight is 349 g/mol. The minimum absolute atomic E-state index is 0.0176. The lowest BCUT2D eigenvalue weighted by Crippen LogP contribution is -2.47. The van der Waals surface area contributed by atoms with Gasteiger partial charge in [-0.15, -0.1) is 11.8 Å². The van der Waals surface area contributed by atoms with Crippen LogP contribution in [0.4, 0.5) is 0 Å². The molecular weight excluding hydrogens is 335 g/mol. The lowest BCUT2D eigenvalue weighted by atomic mass is 10.1. The molecule has 2 rings (SSSR count). The number of halogens is 2. The summed E-state index contributed by atoms with van der Waals surface area (Å²) in [6.45, 7) is 3.90. The highest BCUT2D eigenvalue weighted by atomic mass is 35.5. The molecule has 21 heavy (non-hydrogen) atoms. The molecule has 0 spiro atoms. The van der Waals surface area contributed by atoms with Gasteiger partial charge in [0.05, 0.1) is 10.9 Å². The number of hydrogen-bond acceptors (Lipinski definition) is 4. The zero-order chi connectivity index (χ0) is 15.7. The normalized spacial score (nSPS) is 21.9. The molecule has 1 saturated heterocycles. The zero-order valence-corrected chi connectivity index (χ0v) is 13.7. The smallest absolute Gasteiger partial charge is 0.327 e. The fourth-order valence-electron chi connectivity index (χ4n) is 2.20. The molecule has 0 aromatic carbocycles. The van der Waals surface area contributed by atoms with E-state index in [9.17, 15) is 14.7 Å². The van der Waals surface area contributed by atoms with Crippen molar-refractivity contribution in [3.63, 3.8) is 0 Å². The Balaban J connectivity index is 2.39. The molecule has 1 aromatic rings. The molecule has 1 aliphatic heterocycles. The number of carboxylic acid groups (broad SMARTS) is 1. The van der Waals surface area contributed by atoms with E-state index in [1.54, 1.807) is 0 Å². The van der Waals surface area contributed by atoms with Crippen LogP contribution in [-0.4, -0.2) is 44.0 Å². The second-order valence-corrected chi connectivity index (χ2v) is 6.90. The van der Waals surface area contributed by atoms with Crippen molar-refractivity contribution in [2.75, 3.05) is 5.75 Å². The molecule has 5 nitrogen and oxygen atoms in total. The molecule has 1 aromatic heterocycles. The minimum atomic E-state index is -1.02. The predicted octanol–water partition coefficient (Wildman–Crippen LogP) is 3.01. The number of pyridine rings is 1. The van der Waals surface area contributed by atoms with E-state index >= 15 is 0 Å². The van der Waals surface area contributed by atoms with Crippen LogP contribution in [0.3, 0.4) is 0 Å².